The second-order valence-corrected chi connectivity index (χ2v) is 4.78. The maximum Gasteiger partial charge on any atom is 0.328 e. The Hall–Kier alpha value is -2.08. The normalized spacial score (nSPS) is 15.9. The lowest BCUT2D eigenvalue weighted by Crippen LogP contribution is -2.50. The van der Waals surface area contributed by atoms with Gasteiger partial charge >= 0.3 is 12.0 Å². The number of fused-ring (bicyclic) bond motifs is 1. The molecule has 0 bridgehead atoms. The van der Waals surface area contributed by atoms with Crippen molar-refractivity contribution in [2.45, 2.75) is 18.9 Å². The number of aliphatic hydroxyl groups excluding tert-OH is 1. The van der Waals surface area contributed by atoms with Crippen LogP contribution in [-0.2, 0) is 17.6 Å². The number of nitrogens with zero attached hydrogens (tertiary/aromatic N) is 1. The molecule has 2 amide bonds. The highest BCUT2D eigenvalue weighted by Gasteiger charge is 2.23. The Morgan fingerprint density at radius 1 is 1.20 bits per heavy atom. The van der Waals surface area contributed by atoms with Crippen LogP contribution in [0.15, 0.2) is 24.3 Å². The van der Waals surface area contributed by atoms with Crippen LogP contribution in [-0.4, -0.2) is 52.9 Å². The highest BCUT2D eigenvalue weighted by molar-refractivity contribution is 5.82. The smallest absolute Gasteiger partial charge is 0.328 e. The average molecular weight is 278 g/mol. The van der Waals surface area contributed by atoms with Gasteiger partial charge in [0.15, 0.2) is 6.04 Å². The number of hydrogen-bond donors (Lipinski definition) is 3. The molecule has 0 aliphatic carbocycles. The van der Waals surface area contributed by atoms with Gasteiger partial charge in [-0.25, -0.2) is 9.59 Å². The largest absolute Gasteiger partial charge is 0.480 e. The molecule has 2 rings (SSSR count). The summed E-state index contributed by atoms with van der Waals surface area (Å²) in [7, 11) is 0. The standard InChI is InChI=1S/C14H18N2O4/c17-9-12(13(18)19)15-14(20)16-7-5-10-3-1-2-4-11(10)6-8-16/h1-4,12,17H,5-9H2,(H,15,20)(H,18,19)/t12-/m1/s1. The zero-order valence-electron chi connectivity index (χ0n) is 11.1. The van der Waals surface area contributed by atoms with Gasteiger partial charge in [-0.1, -0.05) is 24.3 Å². The first-order valence-electron chi connectivity index (χ1n) is 6.57. The monoisotopic (exact) mass is 278 g/mol. The van der Waals surface area contributed by atoms with Gasteiger partial charge < -0.3 is 20.4 Å². The molecule has 0 saturated carbocycles. The van der Waals surface area contributed by atoms with Crippen LogP contribution in [0, 0.1) is 0 Å². The molecule has 0 radical (unpaired) electrons. The van der Waals surface area contributed by atoms with Crippen molar-refractivity contribution >= 4 is 12.0 Å². The van der Waals surface area contributed by atoms with Gasteiger partial charge in [0, 0.05) is 13.1 Å². The molecule has 0 saturated heterocycles. The summed E-state index contributed by atoms with van der Waals surface area (Å²) in [5, 5.41) is 20.1. The molecule has 6 heteroatoms. The topological polar surface area (TPSA) is 89.9 Å². The van der Waals surface area contributed by atoms with Gasteiger partial charge in [-0.2, -0.15) is 0 Å². The summed E-state index contributed by atoms with van der Waals surface area (Å²) in [6.45, 7) is 0.469. The van der Waals surface area contributed by atoms with E-state index >= 15 is 0 Å². The molecule has 1 aliphatic heterocycles. The van der Waals surface area contributed by atoms with E-state index in [0.717, 1.165) is 12.8 Å². The van der Waals surface area contributed by atoms with E-state index in [2.05, 4.69) is 5.32 Å². The lowest BCUT2D eigenvalue weighted by atomic mass is 10.0. The van der Waals surface area contributed by atoms with Crippen molar-refractivity contribution in [1.82, 2.24) is 10.2 Å². The third kappa shape index (κ3) is 3.27. The van der Waals surface area contributed by atoms with Crippen molar-refractivity contribution < 1.29 is 19.8 Å². The Labute approximate surface area is 117 Å². The average Bonchev–Trinajstić information content (AvgIpc) is 2.66. The Kier molecular flexibility index (Phi) is 4.57. The first kappa shape index (κ1) is 14.3. The minimum Gasteiger partial charge on any atom is -0.480 e. The zero-order chi connectivity index (χ0) is 14.5. The van der Waals surface area contributed by atoms with Gasteiger partial charge in [0.05, 0.1) is 6.61 Å². The number of rotatable bonds is 3. The second-order valence-electron chi connectivity index (χ2n) is 4.78. The van der Waals surface area contributed by atoms with Crippen molar-refractivity contribution in [3.63, 3.8) is 0 Å². The third-order valence-corrected chi connectivity index (χ3v) is 3.49. The summed E-state index contributed by atoms with van der Waals surface area (Å²) >= 11 is 0. The van der Waals surface area contributed by atoms with Crippen LogP contribution < -0.4 is 5.32 Å². The fraction of sp³-hybridized carbons (Fsp3) is 0.429. The molecule has 1 aliphatic rings. The van der Waals surface area contributed by atoms with Gasteiger partial charge in [0.25, 0.3) is 0 Å². The molecule has 1 heterocycles. The maximum absolute atomic E-state index is 12.0. The van der Waals surface area contributed by atoms with E-state index in [1.165, 1.54) is 11.1 Å². The SMILES string of the molecule is O=C(O)[C@@H](CO)NC(=O)N1CCc2ccccc2CC1. The molecule has 20 heavy (non-hydrogen) atoms. The van der Waals surface area contributed by atoms with E-state index in [-0.39, 0.29) is 0 Å². The fourth-order valence-electron chi connectivity index (χ4n) is 2.30. The van der Waals surface area contributed by atoms with Crippen LogP contribution in [0.4, 0.5) is 4.79 Å². The van der Waals surface area contributed by atoms with E-state index in [1.807, 2.05) is 24.3 Å². The first-order valence-corrected chi connectivity index (χ1v) is 6.57. The summed E-state index contributed by atoms with van der Waals surface area (Å²) < 4.78 is 0. The molecule has 1 aromatic rings. The number of nitrogens with one attached hydrogen (secondary N) is 1. The zero-order valence-corrected chi connectivity index (χ0v) is 11.1. The Morgan fingerprint density at radius 3 is 2.20 bits per heavy atom. The number of carboxylic acid groups (broad SMARTS) is 1. The summed E-state index contributed by atoms with van der Waals surface area (Å²) in [6, 6.07) is 6.34. The highest BCUT2D eigenvalue weighted by atomic mass is 16.4. The van der Waals surface area contributed by atoms with Crippen LogP contribution in [0.5, 0.6) is 0 Å². The van der Waals surface area contributed by atoms with E-state index in [0.29, 0.717) is 13.1 Å². The van der Waals surface area contributed by atoms with Gasteiger partial charge in [0.2, 0.25) is 0 Å². The molecule has 0 aromatic heterocycles. The number of carbonyl (C=O) groups excluding carboxylic acids is 1. The van der Waals surface area contributed by atoms with E-state index in [4.69, 9.17) is 10.2 Å². The molecule has 0 unspecified atom stereocenters. The van der Waals surface area contributed by atoms with Crippen LogP contribution in [0.1, 0.15) is 11.1 Å². The third-order valence-electron chi connectivity index (χ3n) is 3.49. The Morgan fingerprint density at radius 2 is 1.75 bits per heavy atom. The molecule has 0 spiro atoms. The Balaban J connectivity index is 1.98. The van der Waals surface area contributed by atoms with Gasteiger partial charge in [-0.05, 0) is 24.0 Å². The summed E-state index contributed by atoms with van der Waals surface area (Å²) in [5.74, 6) is -1.24. The molecule has 1 aromatic carbocycles. The van der Waals surface area contributed by atoms with E-state index in [9.17, 15) is 9.59 Å². The number of aliphatic hydroxyl groups is 1. The predicted octanol–water partition coefficient (Wildman–Crippen LogP) is 0.242. The predicted molar refractivity (Wildman–Crippen MR) is 72.5 cm³/mol. The van der Waals surface area contributed by atoms with E-state index in [1.54, 1.807) is 4.90 Å². The maximum atomic E-state index is 12.0. The van der Waals surface area contributed by atoms with Crippen molar-refractivity contribution in [2.75, 3.05) is 19.7 Å². The van der Waals surface area contributed by atoms with Crippen LogP contribution in [0.2, 0.25) is 0 Å². The van der Waals surface area contributed by atoms with Crippen molar-refractivity contribution in [2.24, 2.45) is 0 Å². The molecule has 0 fully saturated rings. The Bertz CT molecular complexity index is 477. The summed E-state index contributed by atoms with van der Waals surface area (Å²) in [6.07, 6.45) is 1.50. The van der Waals surface area contributed by atoms with Crippen LogP contribution >= 0.6 is 0 Å². The number of carboxylic acids is 1. The first-order chi connectivity index (χ1) is 9.61. The van der Waals surface area contributed by atoms with E-state index < -0.39 is 24.6 Å². The molecule has 108 valence electrons. The molecule has 6 nitrogen and oxygen atoms in total. The van der Waals surface area contributed by atoms with Crippen molar-refractivity contribution in [3.8, 4) is 0 Å². The number of urea groups is 1. The molecular formula is C14H18N2O4. The van der Waals surface area contributed by atoms with Gasteiger partial charge in [-0.15, -0.1) is 0 Å². The van der Waals surface area contributed by atoms with Crippen LogP contribution in [0.25, 0.3) is 0 Å². The molecule has 3 N–H and O–H groups in total. The fourth-order valence-corrected chi connectivity index (χ4v) is 2.30. The number of aliphatic carboxylic acids is 1. The van der Waals surface area contributed by atoms with Crippen LogP contribution in [0.3, 0.4) is 0 Å². The quantitative estimate of drug-likeness (QED) is 0.739. The number of hydrogen-bond acceptors (Lipinski definition) is 3. The van der Waals surface area contributed by atoms with Crippen molar-refractivity contribution in [1.29, 1.82) is 0 Å². The minimum absolute atomic E-state index is 0.445. The summed E-state index contributed by atoms with van der Waals surface area (Å²) in [4.78, 5) is 24.4. The van der Waals surface area contributed by atoms with Crippen molar-refractivity contribution in [3.05, 3.63) is 35.4 Å². The lowest BCUT2D eigenvalue weighted by Gasteiger charge is -2.22. The van der Waals surface area contributed by atoms with Gasteiger partial charge in [0.1, 0.15) is 0 Å². The lowest BCUT2D eigenvalue weighted by molar-refractivity contribution is -0.140. The number of benzene rings is 1. The van der Waals surface area contributed by atoms with Gasteiger partial charge in [-0.3, -0.25) is 0 Å². The second kappa shape index (κ2) is 6.38. The molecule has 1 atom stereocenters. The number of amides is 2. The highest BCUT2D eigenvalue weighted by Crippen LogP contribution is 2.15. The number of carbonyl (C=O) groups is 2. The molecular weight excluding hydrogens is 260 g/mol. The minimum atomic E-state index is -1.26. The summed E-state index contributed by atoms with van der Waals surface area (Å²) in [5.41, 5.74) is 2.44.